The fourth-order valence-electron chi connectivity index (χ4n) is 2.65. The number of aromatic nitrogens is 2. The monoisotopic (exact) mass is 359 g/mol. The number of nitrogens with zero attached hydrogens (tertiary/aromatic N) is 1. The van der Waals surface area contributed by atoms with Crippen LogP contribution in [-0.4, -0.2) is 22.3 Å². The molecule has 4 nitrogen and oxygen atoms in total. The normalized spacial score (nSPS) is 13.3. The Balaban J connectivity index is 2.14. The summed E-state index contributed by atoms with van der Waals surface area (Å²) in [7, 11) is 0. The summed E-state index contributed by atoms with van der Waals surface area (Å²) in [5, 5.41) is 10.4. The van der Waals surface area contributed by atoms with Crippen molar-refractivity contribution in [3.8, 4) is 0 Å². The van der Waals surface area contributed by atoms with Crippen molar-refractivity contribution in [1.29, 1.82) is 0 Å². The van der Waals surface area contributed by atoms with Gasteiger partial charge in [-0.15, -0.1) is 11.3 Å². The molecule has 0 saturated carbocycles. The van der Waals surface area contributed by atoms with Crippen molar-refractivity contribution in [2.45, 2.75) is 45.7 Å². The molecule has 0 saturated heterocycles. The van der Waals surface area contributed by atoms with Gasteiger partial charge in [0.25, 0.3) is 5.91 Å². The summed E-state index contributed by atoms with van der Waals surface area (Å²) in [6.45, 7) is 6.32. The molecule has 0 aliphatic rings. The van der Waals surface area contributed by atoms with Crippen LogP contribution in [-0.2, 0) is 6.42 Å². The lowest BCUT2D eigenvalue weighted by Gasteiger charge is -2.15. The van der Waals surface area contributed by atoms with Crippen molar-refractivity contribution >= 4 is 22.9 Å². The maximum atomic E-state index is 12.6. The van der Waals surface area contributed by atoms with Crippen LogP contribution in [0.15, 0.2) is 17.6 Å². The molecule has 1 atom stereocenters. The van der Waals surface area contributed by atoms with Gasteiger partial charge in [0, 0.05) is 4.88 Å². The average molecular weight is 359 g/mol. The second-order valence-electron chi connectivity index (χ2n) is 6.24. The third-order valence-corrected chi connectivity index (χ3v) is 4.70. The van der Waals surface area contributed by atoms with Crippen molar-refractivity contribution in [3.05, 3.63) is 33.8 Å². The molecule has 2 heterocycles. The van der Waals surface area contributed by atoms with Gasteiger partial charge in [-0.25, -0.2) is 0 Å². The van der Waals surface area contributed by atoms with Crippen LogP contribution in [0, 0.1) is 5.92 Å². The lowest BCUT2D eigenvalue weighted by Crippen LogP contribution is -2.18. The van der Waals surface area contributed by atoms with E-state index in [1.165, 1.54) is 11.3 Å². The summed E-state index contributed by atoms with van der Waals surface area (Å²) in [4.78, 5) is 13.4. The van der Waals surface area contributed by atoms with Gasteiger partial charge in [0.15, 0.2) is 0 Å². The Bertz CT molecular complexity index is 691. The predicted octanol–water partition coefficient (Wildman–Crippen LogP) is 4.98. The van der Waals surface area contributed by atoms with E-state index in [2.05, 4.69) is 36.3 Å². The molecule has 0 spiro atoms. The number of rotatable bonds is 6. The zero-order valence-electron chi connectivity index (χ0n) is 13.7. The quantitative estimate of drug-likeness (QED) is 0.764. The maximum absolute atomic E-state index is 12.6. The smallest absolute Gasteiger partial charge is 0.321 e. The van der Waals surface area contributed by atoms with Crippen LogP contribution in [0.1, 0.15) is 54.0 Å². The minimum absolute atomic E-state index is 0.0824. The Labute approximate surface area is 142 Å². The van der Waals surface area contributed by atoms with E-state index in [-0.39, 0.29) is 17.2 Å². The van der Waals surface area contributed by atoms with Crippen molar-refractivity contribution in [2.75, 3.05) is 5.32 Å². The average Bonchev–Trinajstić information content (AvgIpc) is 3.04. The Morgan fingerprint density at radius 1 is 1.38 bits per heavy atom. The number of carbonyl (C=O) groups is 1. The molecule has 24 heavy (non-hydrogen) atoms. The van der Waals surface area contributed by atoms with Crippen LogP contribution in [0.2, 0.25) is 0 Å². The lowest BCUT2D eigenvalue weighted by atomic mass is 9.97. The fraction of sp³-hybridized carbons (Fsp3) is 0.500. The molecule has 1 amide bonds. The molecule has 2 aromatic rings. The van der Waals surface area contributed by atoms with E-state index >= 15 is 0 Å². The third kappa shape index (κ3) is 4.83. The van der Waals surface area contributed by atoms with Crippen LogP contribution in [0.25, 0.3) is 0 Å². The van der Waals surface area contributed by atoms with E-state index in [9.17, 15) is 18.0 Å². The van der Waals surface area contributed by atoms with E-state index in [0.717, 1.165) is 17.5 Å². The molecule has 0 aliphatic heterocycles. The molecular formula is C16H20F3N3OS. The molecule has 1 unspecified atom stereocenters. The SMILES string of the molecule is CC(C)CC(C)c1sccc1NC(=O)c1cn[nH]c1CC(F)(F)F. The third-order valence-electron chi connectivity index (χ3n) is 3.56. The van der Waals surface area contributed by atoms with Crippen molar-refractivity contribution in [3.63, 3.8) is 0 Å². The van der Waals surface area contributed by atoms with Crippen molar-refractivity contribution in [2.24, 2.45) is 5.92 Å². The molecule has 2 rings (SSSR count). The Morgan fingerprint density at radius 3 is 2.71 bits per heavy atom. The fourth-order valence-corrected chi connectivity index (χ4v) is 3.58. The number of aromatic amines is 1. The largest absolute Gasteiger partial charge is 0.394 e. The topological polar surface area (TPSA) is 57.8 Å². The molecule has 0 aliphatic carbocycles. The molecule has 0 fully saturated rings. The molecule has 2 N–H and O–H groups in total. The first kappa shape index (κ1) is 18.5. The number of H-pyrrole nitrogens is 1. The van der Waals surface area contributed by atoms with E-state index in [1.807, 2.05) is 5.38 Å². The van der Waals surface area contributed by atoms with E-state index in [1.54, 1.807) is 6.07 Å². The number of carbonyl (C=O) groups excluding carboxylic acids is 1. The Kier molecular flexibility index (Phi) is 5.69. The standard InChI is InChI=1S/C16H20F3N3OS/c1-9(2)6-10(3)14-12(4-5-24-14)21-15(23)11-8-20-22-13(11)7-16(17,18)19/h4-5,8-10H,6-7H2,1-3H3,(H,20,22)(H,21,23). The van der Waals surface area contributed by atoms with Gasteiger partial charge in [0.1, 0.15) is 0 Å². The first-order valence-electron chi connectivity index (χ1n) is 7.65. The van der Waals surface area contributed by atoms with Gasteiger partial charge < -0.3 is 5.32 Å². The van der Waals surface area contributed by atoms with Crippen LogP contribution in [0.4, 0.5) is 18.9 Å². The number of nitrogens with one attached hydrogen (secondary N) is 2. The second-order valence-corrected chi connectivity index (χ2v) is 7.19. The number of halogens is 3. The Hall–Kier alpha value is -1.83. The predicted molar refractivity (Wildman–Crippen MR) is 88.5 cm³/mol. The second kappa shape index (κ2) is 7.38. The number of thiophene rings is 1. The van der Waals surface area contributed by atoms with Gasteiger partial charge in [-0.1, -0.05) is 20.8 Å². The van der Waals surface area contributed by atoms with Gasteiger partial charge in [-0.2, -0.15) is 18.3 Å². The van der Waals surface area contributed by atoms with E-state index in [4.69, 9.17) is 0 Å². The number of amides is 1. The summed E-state index contributed by atoms with van der Waals surface area (Å²) in [6.07, 6.45) is -3.52. The maximum Gasteiger partial charge on any atom is 0.394 e. The highest BCUT2D eigenvalue weighted by molar-refractivity contribution is 7.10. The summed E-state index contributed by atoms with van der Waals surface area (Å²) in [5.41, 5.74) is 0.338. The zero-order chi connectivity index (χ0) is 17.9. The van der Waals surface area contributed by atoms with Crippen LogP contribution in [0.3, 0.4) is 0 Å². The summed E-state index contributed by atoms with van der Waals surface area (Å²) >= 11 is 1.53. The summed E-state index contributed by atoms with van der Waals surface area (Å²) in [6, 6.07) is 1.78. The Morgan fingerprint density at radius 2 is 2.08 bits per heavy atom. The molecule has 0 aromatic carbocycles. The van der Waals surface area contributed by atoms with Crippen molar-refractivity contribution < 1.29 is 18.0 Å². The highest BCUT2D eigenvalue weighted by Crippen LogP contribution is 2.34. The highest BCUT2D eigenvalue weighted by Gasteiger charge is 2.31. The van der Waals surface area contributed by atoms with Gasteiger partial charge in [-0.3, -0.25) is 9.89 Å². The summed E-state index contributed by atoms with van der Waals surface area (Å²) < 4.78 is 37.7. The van der Waals surface area contributed by atoms with Gasteiger partial charge in [-0.05, 0) is 29.7 Å². The first-order valence-corrected chi connectivity index (χ1v) is 8.53. The minimum atomic E-state index is -4.40. The molecule has 8 heteroatoms. The number of hydrogen-bond donors (Lipinski definition) is 2. The van der Waals surface area contributed by atoms with Crippen LogP contribution >= 0.6 is 11.3 Å². The number of hydrogen-bond acceptors (Lipinski definition) is 3. The van der Waals surface area contributed by atoms with Gasteiger partial charge in [0.05, 0.1) is 29.6 Å². The molecule has 0 bridgehead atoms. The summed E-state index contributed by atoms with van der Waals surface area (Å²) in [5.74, 6) is 0.191. The van der Waals surface area contributed by atoms with E-state index < -0.39 is 18.5 Å². The van der Waals surface area contributed by atoms with Crippen molar-refractivity contribution in [1.82, 2.24) is 10.2 Å². The molecular weight excluding hydrogens is 339 g/mol. The molecule has 2 aromatic heterocycles. The number of anilines is 1. The molecule has 132 valence electrons. The highest BCUT2D eigenvalue weighted by atomic mass is 32.1. The van der Waals surface area contributed by atoms with Crippen LogP contribution < -0.4 is 5.32 Å². The molecule has 0 radical (unpaired) electrons. The van der Waals surface area contributed by atoms with Crippen LogP contribution in [0.5, 0.6) is 0 Å². The van der Waals surface area contributed by atoms with Gasteiger partial charge in [0.2, 0.25) is 0 Å². The lowest BCUT2D eigenvalue weighted by molar-refractivity contribution is -0.127. The van der Waals surface area contributed by atoms with Gasteiger partial charge >= 0.3 is 6.18 Å². The van der Waals surface area contributed by atoms with E-state index in [0.29, 0.717) is 11.6 Å². The number of alkyl halides is 3. The first-order chi connectivity index (χ1) is 11.2. The zero-order valence-corrected chi connectivity index (χ0v) is 14.5. The minimum Gasteiger partial charge on any atom is -0.321 e.